The average molecular weight is 459 g/mol. The van der Waals surface area contributed by atoms with Crippen LogP contribution in [-0.4, -0.2) is 41.1 Å². The molecule has 1 aromatic carbocycles. The molecular weight excluding hydrogens is 433 g/mol. The maximum atomic E-state index is 4.27. The summed E-state index contributed by atoms with van der Waals surface area (Å²) in [5.74, 6) is 2.95. The van der Waals surface area contributed by atoms with Gasteiger partial charge in [0.15, 0.2) is 5.96 Å². The van der Waals surface area contributed by atoms with Crippen LogP contribution >= 0.6 is 35.7 Å². The summed E-state index contributed by atoms with van der Waals surface area (Å²) in [5, 5.41) is 6.66. The van der Waals surface area contributed by atoms with E-state index in [2.05, 4.69) is 55.7 Å². The summed E-state index contributed by atoms with van der Waals surface area (Å²) in [7, 11) is 1.80. The molecule has 24 heavy (non-hydrogen) atoms. The second-order valence-corrected chi connectivity index (χ2v) is 6.25. The van der Waals surface area contributed by atoms with Crippen molar-refractivity contribution in [1.29, 1.82) is 0 Å². The second kappa shape index (κ2) is 11.4. The van der Waals surface area contributed by atoms with E-state index in [1.165, 1.54) is 11.1 Å². The van der Waals surface area contributed by atoms with Crippen LogP contribution in [0.3, 0.4) is 0 Å². The molecule has 1 heterocycles. The van der Waals surface area contributed by atoms with Gasteiger partial charge in [-0.1, -0.05) is 24.3 Å². The monoisotopic (exact) mass is 459 g/mol. The summed E-state index contributed by atoms with van der Waals surface area (Å²) in [6.45, 7) is 4.55. The van der Waals surface area contributed by atoms with Gasteiger partial charge >= 0.3 is 0 Å². The number of guanidine groups is 1. The Kier molecular flexibility index (Phi) is 9.85. The predicted octanol–water partition coefficient (Wildman–Crippen LogP) is 2.89. The van der Waals surface area contributed by atoms with Crippen LogP contribution in [0.4, 0.5) is 0 Å². The first-order chi connectivity index (χ1) is 11.2. The first-order valence-electron chi connectivity index (χ1n) is 7.72. The zero-order valence-electron chi connectivity index (χ0n) is 14.5. The normalized spacial score (nSPS) is 11.0. The molecule has 7 heteroatoms. The van der Waals surface area contributed by atoms with Gasteiger partial charge in [0.25, 0.3) is 0 Å². The van der Waals surface area contributed by atoms with Gasteiger partial charge in [-0.2, -0.15) is 11.8 Å². The molecule has 132 valence electrons. The van der Waals surface area contributed by atoms with E-state index in [1.807, 2.05) is 31.1 Å². The lowest BCUT2D eigenvalue weighted by Crippen LogP contribution is -2.37. The molecule has 2 N–H and O–H groups in total. The highest BCUT2D eigenvalue weighted by Crippen LogP contribution is 2.08. The van der Waals surface area contributed by atoms with Crippen molar-refractivity contribution in [3.05, 3.63) is 53.6 Å². The zero-order chi connectivity index (χ0) is 16.5. The van der Waals surface area contributed by atoms with Crippen LogP contribution < -0.4 is 10.6 Å². The standard InChI is InChI=1S/C17H25N5S.HI/c1-14-19-7-9-22(14)13-16-6-4-5-15(11-16)12-21-17(18-2)20-8-10-23-3;/h4-7,9,11H,8,10,12-13H2,1-3H3,(H2,18,20,21);1H. The zero-order valence-corrected chi connectivity index (χ0v) is 17.6. The highest BCUT2D eigenvalue weighted by molar-refractivity contribution is 14.0. The van der Waals surface area contributed by atoms with E-state index in [0.29, 0.717) is 0 Å². The number of rotatable bonds is 7. The van der Waals surface area contributed by atoms with Gasteiger partial charge in [-0.15, -0.1) is 24.0 Å². The number of thioether (sulfide) groups is 1. The quantitative estimate of drug-likeness (QED) is 0.290. The molecule has 0 saturated heterocycles. The summed E-state index contributed by atoms with van der Waals surface area (Å²) in [6.07, 6.45) is 5.95. The molecule has 0 aliphatic carbocycles. The van der Waals surface area contributed by atoms with E-state index in [1.54, 1.807) is 7.05 Å². The van der Waals surface area contributed by atoms with Crippen LogP contribution in [0, 0.1) is 6.92 Å². The van der Waals surface area contributed by atoms with E-state index < -0.39 is 0 Å². The molecule has 2 rings (SSSR count). The number of imidazole rings is 1. The van der Waals surface area contributed by atoms with Gasteiger partial charge in [-0.3, -0.25) is 4.99 Å². The largest absolute Gasteiger partial charge is 0.356 e. The highest BCUT2D eigenvalue weighted by Gasteiger charge is 2.02. The number of hydrogen-bond donors (Lipinski definition) is 2. The topological polar surface area (TPSA) is 54.2 Å². The fourth-order valence-corrected chi connectivity index (χ4v) is 2.59. The summed E-state index contributed by atoms with van der Waals surface area (Å²) >= 11 is 1.82. The van der Waals surface area contributed by atoms with Crippen molar-refractivity contribution in [3.63, 3.8) is 0 Å². The minimum Gasteiger partial charge on any atom is -0.356 e. The van der Waals surface area contributed by atoms with Gasteiger partial charge in [-0.05, 0) is 24.3 Å². The van der Waals surface area contributed by atoms with Crippen molar-refractivity contribution in [2.75, 3.05) is 25.6 Å². The third-order valence-corrected chi connectivity index (χ3v) is 4.16. The Bertz CT molecular complexity index is 641. The van der Waals surface area contributed by atoms with Gasteiger partial charge in [0.05, 0.1) is 0 Å². The van der Waals surface area contributed by atoms with E-state index in [4.69, 9.17) is 0 Å². The first kappa shape index (κ1) is 20.8. The number of hydrogen-bond acceptors (Lipinski definition) is 3. The second-order valence-electron chi connectivity index (χ2n) is 5.27. The van der Waals surface area contributed by atoms with E-state index in [9.17, 15) is 0 Å². The number of aromatic nitrogens is 2. The third kappa shape index (κ3) is 6.72. The van der Waals surface area contributed by atoms with Crippen molar-refractivity contribution in [1.82, 2.24) is 20.2 Å². The Morgan fingerprint density at radius 2 is 2.08 bits per heavy atom. The predicted molar refractivity (Wildman–Crippen MR) is 115 cm³/mol. The number of nitrogens with one attached hydrogen (secondary N) is 2. The smallest absolute Gasteiger partial charge is 0.191 e. The average Bonchev–Trinajstić information content (AvgIpc) is 2.96. The van der Waals surface area contributed by atoms with Crippen LogP contribution in [0.15, 0.2) is 41.7 Å². The number of halogens is 1. The lowest BCUT2D eigenvalue weighted by Gasteiger charge is -2.12. The molecule has 1 aromatic heterocycles. The van der Waals surface area contributed by atoms with Crippen LogP contribution in [0.25, 0.3) is 0 Å². The fourth-order valence-electron chi connectivity index (χ4n) is 2.28. The minimum absolute atomic E-state index is 0. The van der Waals surface area contributed by atoms with Crippen LogP contribution in [0.2, 0.25) is 0 Å². The van der Waals surface area contributed by atoms with Crippen LogP contribution in [0.5, 0.6) is 0 Å². The molecule has 0 amide bonds. The van der Waals surface area contributed by atoms with Crippen molar-refractivity contribution in [3.8, 4) is 0 Å². The number of benzene rings is 1. The molecule has 0 saturated carbocycles. The molecule has 0 aliphatic heterocycles. The minimum atomic E-state index is 0. The third-order valence-electron chi connectivity index (χ3n) is 3.55. The summed E-state index contributed by atoms with van der Waals surface area (Å²) in [5.41, 5.74) is 2.52. The molecule has 2 aromatic rings. The van der Waals surface area contributed by atoms with Crippen molar-refractivity contribution < 1.29 is 0 Å². The van der Waals surface area contributed by atoms with Gasteiger partial charge < -0.3 is 15.2 Å². The van der Waals surface area contributed by atoms with Crippen LogP contribution in [-0.2, 0) is 13.1 Å². The van der Waals surface area contributed by atoms with E-state index in [0.717, 1.165) is 37.2 Å². The molecule has 0 radical (unpaired) electrons. The lowest BCUT2D eigenvalue weighted by molar-refractivity contribution is 0.758. The van der Waals surface area contributed by atoms with E-state index in [-0.39, 0.29) is 24.0 Å². The van der Waals surface area contributed by atoms with Crippen molar-refractivity contribution in [2.24, 2.45) is 4.99 Å². The Morgan fingerprint density at radius 1 is 1.29 bits per heavy atom. The lowest BCUT2D eigenvalue weighted by atomic mass is 10.1. The molecule has 0 unspecified atom stereocenters. The fraction of sp³-hybridized carbons (Fsp3) is 0.412. The Balaban J connectivity index is 0.00000288. The first-order valence-corrected chi connectivity index (χ1v) is 9.11. The Morgan fingerprint density at radius 3 is 2.75 bits per heavy atom. The number of nitrogens with zero attached hydrogens (tertiary/aromatic N) is 3. The van der Waals surface area contributed by atoms with Crippen molar-refractivity contribution >= 4 is 41.7 Å². The van der Waals surface area contributed by atoms with Gasteiger partial charge in [0, 0.05) is 44.8 Å². The molecule has 0 bridgehead atoms. The number of aliphatic imine (C=N–C) groups is 1. The molecule has 0 aliphatic rings. The molecule has 0 atom stereocenters. The molecule has 5 nitrogen and oxygen atoms in total. The van der Waals surface area contributed by atoms with Crippen molar-refractivity contribution in [2.45, 2.75) is 20.0 Å². The van der Waals surface area contributed by atoms with Gasteiger partial charge in [-0.25, -0.2) is 4.98 Å². The molecule has 0 spiro atoms. The Labute approximate surface area is 165 Å². The highest BCUT2D eigenvalue weighted by atomic mass is 127. The number of aryl methyl sites for hydroxylation is 1. The maximum Gasteiger partial charge on any atom is 0.191 e. The molecule has 0 fully saturated rings. The van der Waals surface area contributed by atoms with Crippen LogP contribution in [0.1, 0.15) is 17.0 Å². The van der Waals surface area contributed by atoms with Gasteiger partial charge in [0.1, 0.15) is 5.82 Å². The SMILES string of the molecule is CN=C(NCCSC)NCc1cccc(Cn2ccnc2C)c1.I. The maximum absolute atomic E-state index is 4.27. The Hall–Kier alpha value is -1.22. The summed E-state index contributed by atoms with van der Waals surface area (Å²) in [4.78, 5) is 8.51. The van der Waals surface area contributed by atoms with E-state index >= 15 is 0 Å². The molecular formula is C17H26IN5S. The summed E-state index contributed by atoms with van der Waals surface area (Å²) in [6, 6.07) is 8.60. The summed E-state index contributed by atoms with van der Waals surface area (Å²) < 4.78 is 2.15. The van der Waals surface area contributed by atoms with Gasteiger partial charge in [0.2, 0.25) is 0 Å².